The van der Waals surface area contributed by atoms with E-state index in [4.69, 9.17) is 9.47 Å². The zero-order valence-electron chi connectivity index (χ0n) is 14.1. The number of para-hydroxylation sites is 2. The number of hydrogen-bond acceptors (Lipinski definition) is 4. The van der Waals surface area contributed by atoms with Gasteiger partial charge in [0.15, 0.2) is 11.5 Å². The Bertz CT molecular complexity index is 774. The smallest absolute Gasteiger partial charge is 0.283 e. The molecule has 3 rings (SSSR count). The summed E-state index contributed by atoms with van der Waals surface area (Å²) in [7, 11) is 0. The van der Waals surface area contributed by atoms with Crippen LogP contribution < -0.4 is 20.3 Å². The van der Waals surface area contributed by atoms with E-state index in [2.05, 4.69) is 10.9 Å². The SMILES string of the molecule is CC(C)(C(=O)NNC(=O)C1COc2ccccc2O1)c1ccccc1. The molecule has 1 atom stereocenters. The Balaban J connectivity index is 1.58. The highest BCUT2D eigenvalue weighted by molar-refractivity contribution is 5.90. The molecule has 25 heavy (non-hydrogen) atoms. The quantitative estimate of drug-likeness (QED) is 0.838. The maximum atomic E-state index is 12.5. The van der Waals surface area contributed by atoms with E-state index >= 15 is 0 Å². The molecule has 0 radical (unpaired) electrons. The Morgan fingerprint density at radius 1 is 0.960 bits per heavy atom. The molecule has 130 valence electrons. The van der Waals surface area contributed by atoms with Crippen molar-refractivity contribution >= 4 is 11.8 Å². The molecule has 1 aliphatic heterocycles. The van der Waals surface area contributed by atoms with Crippen LogP contribution in [-0.4, -0.2) is 24.5 Å². The van der Waals surface area contributed by atoms with E-state index in [1.54, 1.807) is 32.0 Å². The van der Waals surface area contributed by atoms with E-state index in [1.807, 2.05) is 36.4 Å². The number of hydrogen-bond donors (Lipinski definition) is 2. The summed E-state index contributed by atoms with van der Waals surface area (Å²) in [6, 6.07) is 16.5. The second-order valence-electron chi connectivity index (χ2n) is 6.30. The van der Waals surface area contributed by atoms with E-state index < -0.39 is 17.4 Å². The van der Waals surface area contributed by atoms with E-state index in [0.717, 1.165) is 5.56 Å². The van der Waals surface area contributed by atoms with Crippen molar-refractivity contribution in [1.82, 2.24) is 10.9 Å². The van der Waals surface area contributed by atoms with Gasteiger partial charge in [0, 0.05) is 0 Å². The molecule has 6 heteroatoms. The van der Waals surface area contributed by atoms with Crippen LogP contribution in [0.4, 0.5) is 0 Å². The van der Waals surface area contributed by atoms with Gasteiger partial charge in [-0.2, -0.15) is 0 Å². The summed E-state index contributed by atoms with van der Waals surface area (Å²) in [5, 5.41) is 0. The molecule has 2 amide bonds. The average Bonchev–Trinajstić information content (AvgIpc) is 2.66. The standard InChI is InChI=1S/C19H20N2O4/c1-19(2,13-8-4-3-5-9-13)18(23)21-20-17(22)16-12-24-14-10-6-7-11-15(14)25-16/h3-11,16H,12H2,1-2H3,(H,20,22)(H,21,23). The first-order chi connectivity index (χ1) is 12.0. The minimum absolute atomic E-state index is 0.0841. The van der Waals surface area contributed by atoms with E-state index in [9.17, 15) is 9.59 Å². The Labute approximate surface area is 146 Å². The van der Waals surface area contributed by atoms with Crippen LogP contribution in [0.3, 0.4) is 0 Å². The third-order valence-corrected chi connectivity index (χ3v) is 4.16. The molecule has 0 aliphatic carbocycles. The fourth-order valence-electron chi connectivity index (χ4n) is 2.49. The molecule has 2 aromatic rings. The van der Waals surface area contributed by atoms with Gasteiger partial charge in [0.25, 0.3) is 5.91 Å². The van der Waals surface area contributed by atoms with Gasteiger partial charge in [-0.25, -0.2) is 0 Å². The summed E-state index contributed by atoms with van der Waals surface area (Å²) < 4.78 is 11.1. The van der Waals surface area contributed by atoms with Crippen molar-refractivity contribution in [2.24, 2.45) is 0 Å². The zero-order chi connectivity index (χ0) is 17.9. The highest BCUT2D eigenvalue weighted by atomic mass is 16.6. The second-order valence-corrected chi connectivity index (χ2v) is 6.30. The summed E-state index contributed by atoms with van der Waals surface area (Å²) in [4.78, 5) is 24.7. The molecule has 0 bridgehead atoms. The van der Waals surface area contributed by atoms with Crippen LogP contribution >= 0.6 is 0 Å². The fourth-order valence-corrected chi connectivity index (χ4v) is 2.49. The van der Waals surface area contributed by atoms with Crippen LogP contribution in [0, 0.1) is 0 Å². The lowest BCUT2D eigenvalue weighted by Gasteiger charge is -2.27. The van der Waals surface area contributed by atoms with Crippen LogP contribution in [0.15, 0.2) is 54.6 Å². The maximum Gasteiger partial charge on any atom is 0.283 e. The molecule has 2 N–H and O–H groups in total. The summed E-state index contributed by atoms with van der Waals surface area (Å²) in [5.74, 6) is 0.321. The molecule has 2 aromatic carbocycles. The Morgan fingerprint density at radius 3 is 2.32 bits per heavy atom. The van der Waals surface area contributed by atoms with Gasteiger partial charge in [-0.1, -0.05) is 42.5 Å². The lowest BCUT2D eigenvalue weighted by Crippen LogP contribution is -2.54. The highest BCUT2D eigenvalue weighted by Gasteiger charge is 2.32. The third kappa shape index (κ3) is 3.57. The average molecular weight is 340 g/mol. The number of fused-ring (bicyclic) bond motifs is 1. The van der Waals surface area contributed by atoms with Gasteiger partial charge in [-0.3, -0.25) is 20.4 Å². The first-order valence-corrected chi connectivity index (χ1v) is 8.03. The minimum atomic E-state index is -0.824. The molecule has 1 unspecified atom stereocenters. The number of hydrazine groups is 1. The number of benzene rings is 2. The van der Waals surface area contributed by atoms with Gasteiger partial charge in [-0.15, -0.1) is 0 Å². The number of nitrogens with one attached hydrogen (secondary N) is 2. The molecule has 0 saturated carbocycles. The highest BCUT2D eigenvalue weighted by Crippen LogP contribution is 2.30. The monoisotopic (exact) mass is 340 g/mol. The number of rotatable bonds is 3. The van der Waals surface area contributed by atoms with Gasteiger partial charge < -0.3 is 9.47 Å². The number of carbonyl (C=O) groups is 2. The molecule has 0 saturated heterocycles. The van der Waals surface area contributed by atoms with Crippen molar-refractivity contribution in [3.63, 3.8) is 0 Å². The van der Waals surface area contributed by atoms with Crippen LogP contribution in [0.2, 0.25) is 0 Å². The van der Waals surface area contributed by atoms with E-state index in [0.29, 0.717) is 11.5 Å². The first kappa shape index (κ1) is 16.8. The normalized spacial score (nSPS) is 16.0. The molecule has 1 heterocycles. The molecular formula is C19H20N2O4. The number of carbonyl (C=O) groups excluding carboxylic acids is 2. The summed E-state index contributed by atoms with van der Waals surface area (Å²) >= 11 is 0. The number of ether oxygens (including phenoxy) is 2. The van der Waals surface area contributed by atoms with Crippen LogP contribution in [-0.2, 0) is 15.0 Å². The molecule has 6 nitrogen and oxygen atoms in total. The van der Waals surface area contributed by atoms with Crippen molar-refractivity contribution in [3.05, 3.63) is 60.2 Å². The van der Waals surface area contributed by atoms with Crippen molar-refractivity contribution in [1.29, 1.82) is 0 Å². The lowest BCUT2D eigenvalue weighted by molar-refractivity contribution is -0.136. The van der Waals surface area contributed by atoms with Gasteiger partial charge in [0.1, 0.15) is 6.61 Å². The largest absolute Gasteiger partial charge is 0.485 e. The van der Waals surface area contributed by atoms with E-state index in [1.165, 1.54) is 0 Å². The van der Waals surface area contributed by atoms with Crippen molar-refractivity contribution in [3.8, 4) is 11.5 Å². The first-order valence-electron chi connectivity index (χ1n) is 8.03. The van der Waals surface area contributed by atoms with Crippen molar-refractivity contribution < 1.29 is 19.1 Å². The van der Waals surface area contributed by atoms with Crippen molar-refractivity contribution in [2.75, 3.05) is 6.61 Å². The summed E-state index contributed by atoms with van der Waals surface area (Å²) in [5.41, 5.74) is 4.95. The van der Waals surface area contributed by atoms with Gasteiger partial charge in [0.05, 0.1) is 5.41 Å². The Morgan fingerprint density at radius 2 is 1.60 bits per heavy atom. The second kappa shape index (κ2) is 6.84. The Hall–Kier alpha value is -3.02. The van der Waals surface area contributed by atoms with Gasteiger partial charge >= 0.3 is 0 Å². The lowest BCUT2D eigenvalue weighted by atomic mass is 9.84. The van der Waals surface area contributed by atoms with Crippen LogP contribution in [0.5, 0.6) is 11.5 Å². The van der Waals surface area contributed by atoms with Crippen LogP contribution in [0.25, 0.3) is 0 Å². The number of amides is 2. The van der Waals surface area contributed by atoms with Crippen molar-refractivity contribution in [2.45, 2.75) is 25.4 Å². The molecule has 0 spiro atoms. The third-order valence-electron chi connectivity index (χ3n) is 4.16. The van der Waals surface area contributed by atoms with Gasteiger partial charge in [-0.05, 0) is 31.5 Å². The predicted molar refractivity (Wildman–Crippen MR) is 92.1 cm³/mol. The van der Waals surface area contributed by atoms with Gasteiger partial charge in [0.2, 0.25) is 12.0 Å². The summed E-state index contributed by atoms with van der Waals surface area (Å²) in [6.07, 6.45) is -0.824. The van der Waals surface area contributed by atoms with Crippen LogP contribution in [0.1, 0.15) is 19.4 Å². The van der Waals surface area contributed by atoms with E-state index in [-0.39, 0.29) is 12.5 Å². The predicted octanol–water partition coefficient (Wildman–Crippen LogP) is 1.95. The Kier molecular flexibility index (Phi) is 4.61. The fraction of sp³-hybridized carbons (Fsp3) is 0.263. The maximum absolute atomic E-state index is 12.5. The summed E-state index contributed by atoms with van der Waals surface area (Å²) in [6.45, 7) is 3.67. The zero-order valence-corrected chi connectivity index (χ0v) is 14.1. The molecular weight excluding hydrogens is 320 g/mol. The molecule has 0 aromatic heterocycles. The molecule has 1 aliphatic rings. The molecule has 0 fully saturated rings. The topological polar surface area (TPSA) is 76.7 Å². The minimum Gasteiger partial charge on any atom is -0.485 e.